The van der Waals surface area contributed by atoms with E-state index in [4.69, 9.17) is 0 Å². The highest BCUT2D eigenvalue weighted by atomic mass is 79.9. The Morgan fingerprint density at radius 3 is 2.62 bits per heavy atom. The fourth-order valence-electron chi connectivity index (χ4n) is 2.82. The van der Waals surface area contributed by atoms with Crippen LogP contribution < -0.4 is 5.32 Å². The summed E-state index contributed by atoms with van der Waals surface area (Å²) in [5.41, 5.74) is 1.39. The van der Waals surface area contributed by atoms with Crippen LogP contribution >= 0.6 is 40.7 Å². The van der Waals surface area contributed by atoms with Crippen LogP contribution in [0.4, 0.5) is 0 Å². The molecular formula is C11H15BrCl2N2. The van der Waals surface area contributed by atoms with Crippen LogP contribution in [0.25, 0.3) is 0 Å². The minimum Gasteiger partial charge on any atom is -0.311 e. The summed E-state index contributed by atoms with van der Waals surface area (Å²) in [4.78, 5) is 4.24. The van der Waals surface area contributed by atoms with E-state index in [1.165, 1.54) is 24.8 Å². The molecule has 2 bridgehead atoms. The zero-order valence-corrected chi connectivity index (χ0v) is 11.9. The Morgan fingerprint density at radius 1 is 1.25 bits per heavy atom. The summed E-state index contributed by atoms with van der Waals surface area (Å²) in [7, 11) is 0. The number of aromatic nitrogens is 1. The second-order valence-corrected chi connectivity index (χ2v) is 5.24. The van der Waals surface area contributed by atoms with Crippen molar-refractivity contribution in [3.05, 3.63) is 28.5 Å². The number of nitrogens with zero attached hydrogens (tertiary/aromatic N) is 1. The second kappa shape index (κ2) is 5.67. The monoisotopic (exact) mass is 324 g/mol. The third-order valence-electron chi connectivity index (χ3n) is 3.45. The van der Waals surface area contributed by atoms with Crippen molar-refractivity contribution in [1.29, 1.82) is 0 Å². The fourth-order valence-corrected chi connectivity index (χ4v) is 3.21. The van der Waals surface area contributed by atoms with Gasteiger partial charge in [0.05, 0.1) is 0 Å². The lowest BCUT2D eigenvalue weighted by Crippen LogP contribution is -2.21. The van der Waals surface area contributed by atoms with E-state index >= 15 is 0 Å². The fraction of sp³-hybridized carbons (Fsp3) is 0.545. The first kappa shape index (κ1) is 14.2. The molecule has 0 radical (unpaired) electrons. The highest BCUT2D eigenvalue weighted by molar-refractivity contribution is 9.10. The smallest absolute Gasteiger partial charge is 0.0410 e. The van der Waals surface area contributed by atoms with Gasteiger partial charge >= 0.3 is 0 Å². The van der Waals surface area contributed by atoms with Crippen molar-refractivity contribution in [3.8, 4) is 0 Å². The SMILES string of the molecule is Brc1cncc([C@H]2C[C@@H]3CC[C@H]2N3)c1.Cl.Cl. The summed E-state index contributed by atoms with van der Waals surface area (Å²) in [6, 6.07) is 3.68. The molecule has 1 aromatic heterocycles. The van der Waals surface area contributed by atoms with Crippen LogP contribution in [0.1, 0.15) is 30.7 Å². The summed E-state index contributed by atoms with van der Waals surface area (Å²) < 4.78 is 1.10. The third kappa shape index (κ3) is 2.53. The molecule has 1 N–H and O–H groups in total. The molecule has 2 saturated heterocycles. The van der Waals surface area contributed by atoms with Crippen molar-refractivity contribution in [2.45, 2.75) is 37.3 Å². The molecule has 0 spiro atoms. The molecule has 0 unspecified atom stereocenters. The molecule has 3 atom stereocenters. The number of hydrogen-bond acceptors (Lipinski definition) is 2. The van der Waals surface area contributed by atoms with Gasteiger partial charge < -0.3 is 5.32 Å². The second-order valence-electron chi connectivity index (χ2n) is 4.33. The number of rotatable bonds is 1. The van der Waals surface area contributed by atoms with Gasteiger partial charge in [-0.05, 0) is 46.8 Å². The maximum Gasteiger partial charge on any atom is 0.0410 e. The number of hydrogen-bond donors (Lipinski definition) is 1. The number of nitrogens with one attached hydrogen (secondary N) is 1. The molecule has 0 amide bonds. The Labute approximate surface area is 117 Å². The van der Waals surface area contributed by atoms with Crippen LogP contribution in [0, 0.1) is 0 Å². The van der Waals surface area contributed by atoms with Crippen LogP contribution in [0.3, 0.4) is 0 Å². The lowest BCUT2D eigenvalue weighted by atomic mass is 9.85. The first-order chi connectivity index (χ1) is 6.83. The quantitative estimate of drug-likeness (QED) is 0.857. The molecule has 0 aromatic carbocycles. The van der Waals surface area contributed by atoms with E-state index in [1.807, 2.05) is 12.4 Å². The standard InChI is InChI=1S/C11H13BrN2.2ClH/c12-8-3-7(5-13-6-8)10-4-9-1-2-11(10)14-9;;/h3,5-6,9-11,14H,1-2,4H2;2*1H/t9-,10+,11+;;/m0../s1. The predicted octanol–water partition coefficient (Wildman–Crippen LogP) is 3.30. The van der Waals surface area contributed by atoms with Gasteiger partial charge in [-0.2, -0.15) is 0 Å². The Morgan fingerprint density at radius 2 is 2.06 bits per heavy atom. The van der Waals surface area contributed by atoms with Crippen molar-refractivity contribution in [2.75, 3.05) is 0 Å². The average molecular weight is 326 g/mol. The van der Waals surface area contributed by atoms with Gasteiger partial charge in [0.15, 0.2) is 0 Å². The van der Waals surface area contributed by atoms with Gasteiger partial charge in [0, 0.05) is 34.9 Å². The summed E-state index contributed by atoms with van der Waals surface area (Å²) in [6.45, 7) is 0. The van der Waals surface area contributed by atoms with Gasteiger partial charge in [0.25, 0.3) is 0 Å². The van der Waals surface area contributed by atoms with Crippen LogP contribution in [-0.4, -0.2) is 17.1 Å². The molecule has 0 aliphatic carbocycles. The van der Waals surface area contributed by atoms with Crippen molar-refractivity contribution >= 4 is 40.7 Å². The van der Waals surface area contributed by atoms with Gasteiger partial charge in [0.2, 0.25) is 0 Å². The van der Waals surface area contributed by atoms with Gasteiger partial charge in [-0.25, -0.2) is 0 Å². The normalized spacial score (nSPS) is 30.7. The molecule has 2 aliphatic heterocycles. The summed E-state index contributed by atoms with van der Waals surface area (Å²) >= 11 is 3.48. The minimum absolute atomic E-state index is 0. The number of halogens is 3. The highest BCUT2D eigenvalue weighted by Gasteiger charge is 2.39. The highest BCUT2D eigenvalue weighted by Crippen LogP contribution is 2.39. The molecule has 16 heavy (non-hydrogen) atoms. The van der Waals surface area contributed by atoms with Crippen molar-refractivity contribution < 1.29 is 0 Å². The molecule has 90 valence electrons. The van der Waals surface area contributed by atoms with E-state index in [-0.39, 0.29) is 24.8 Å². The largest absolute Gasteiger partial charge is 0.311 e. The molecular weight excluding hydrogens is 311 g/mol. The maximum atomic E-state index is 4.24. The topological polar surface area (TPSA) is 24.9 Å². The molecule has 2 aliphatic rings. The molecule has 3 rings (SSSR count). The third-order valence-corrected chi connectivity index (χ3v) is 3.89. The maximum absolute atomic E-state index is 4.24. The zero-order chi connectivity index (χ0) is 9.54. The molecule has 1 aromatic rings. The molecule has 2 nitrogen and oxygen atoms in total. The van der Waals surface area contributed by atoms with Crippen LogP contribution in [0.2, 0.25) is 0 Å². The molecule has 3 heterocycles. The Hall–Kier alpha value is 0.170. The van der Waals surface area contributed by atoms with E-state index in [2.05, 4.69) is 32.3 Å². The van der Waals surface area contributed by atoms with Gasteiger partial charge in [0.1, 0.15) is 0 Å². The van der Waals surface area contributed by atoms with Gasteiger partial charge in [-0.1, -0.05) is 0 Å². The van der Waals surface area contributed by atoms with E-state index in [0.29, 0.717) is 12.0 Å². The number of pyridine rings is 1. The Bertz CT molecular complexity index is 362. The lowest BCUT2D eigenvalue weighted by molar-refractivity contribution is 0.505. The number of fused-ring (bicyclic) bond motifs is 2. The molecule has 0 saturated carbocycles. The Kier molecular flexibility index (Phi) is 5.05. The average Bonchev–Trinajstić information content (AvgIpc) is 2.78. The van der Waals surface area contributed by atoms with E-state index in [0.717, 1.165) is 10.5 Å². The van der Waals surface area contributed by atoms with Crippen molar-refractivity contribution in [1.82, 2.24) is 10.3 Å². The van der Waals surface area contributed by atoms with Gasteiger partial charge in [-0.15, -0.1) is 24.8 Å². The van der Waals surface area contributed by atoms with E-state index in [9.17, 15) is 0 Å². The van der Waals surface area contributed by atoms with Crippen LogP contribution in [-0.2, 0) is 0 Å². The summed E-state index contributed by atoms with van der Waals surface area (Å²) in [5.74, 6) is 0.693. The first-order valence-electron chi connectivity index (χ1n) is 5.19. The van der Waals surface area contributed by atoms with Crippen LogP contribution in [0.5, 0.6) is 0 Å². The van der Waals surface area contributed by atoms with Crippen molar-refractivity contribution in [2.24, 2.45) is 0 Å². The summed E-state index contributed by atoms with van der Waals surface area (Å²) in [6.07, 6.45) is 7.86. The van der Waals surface area contributed by atoms with E-state index < -0.39 is 0 Å². The summed E-state index contributed by atoms with van der Waals surface area (Å²) in [5, 5.41) is 3.65. The zero-order valence-electron chi connectivity index (χ0n) is 8.73. The molecule has 2 fully saturated rings. The van der Waals surface area contributed by atoms with Crippen LogP contribution in [0.15, 0.2) is 22.9 Å². The minimum atomic E-state index is 0. The predicted molar refractivity (Wildman–Crippen MR) is 73.7 cm³/mol. The van der Waals surface area contributed by atoms with E-state index in [1.54, 1.807) is 0 Å². The first-order valence-corrected chi connectivity index (χ1v) is 5.99. The lowest BCUT2D eigenvalue weighted by Gasteiger charge is -2.20. The molecule has 5 heteroatoms. The Balaban J connectivity index is 0.000000640. The van der Waals surface area contributed by atoms with Gasteiger partial charge in [-0.3, -0.25) is 4.98 Å². The van der Waals surface area contributed by atoms with Crippen molar-refractivity contribution in [3.63, 3.8) is 0 Å².